The smallest absolute Gasteiger partial charge is 0.101 e. The van der Waals surface area contributed by atoms with Gasteiger partial charge in [-0.3, -0.25) is 4.90 Å². The average molecular weight is 526 g/mol. The van der Waals surface area contributed by atoms with Crippen LogP contribution in [0.25, 0.3) is 0 Å². The Bertz CT molecular complexity index is 1410. The van der Waals surface area contributed by atoms with Gasteiger partial charge >= 0.3 is 0 Å². The third-order valence-corrected chi connectivity index (χ3v) is 7.80. The maximum absolute atomic E-state index is 2.38. The number of anilines is 2. The molecule has 0 atom stereocenters. The molecule has 5 rings (SSSR count). The fraction of sp³-hybridized carbons (Fsp3) is 0.189. The van der Waals surface area contributed by atoms with Crippen molar-refractivity contribution in [1.29, 1.82) is 0 Å². The topological polar surface area (TPSA) is 9.72 Å². The van der Waals surface area contributed by atoms with Gasteiger partial charge in [0.05, 0.1) is 0 Å². The van der Waals surface area contributed by atoms with Gasteiger partial charge in [-0.2, -0.15) is 0 Å². The Morgan fingerprint density at radius 3 is 1.18 bits per heavy atom. The molecule has 0 radical (unpaired) electrons. The lowest BCUT2D eigenvalue weighted by Gasteiger charge is -2.45. The van der Waals surface area contributed by atoms with E-state index in [1.165, 1.54) is 39.2 Å². The maximum atomic E-state index is 2.38. The van der Waals surface area contributed by atoms with E-state index in [9.17, 15) is 0 Å². The lowest BCUT2D eigenvalue weighted by molar-refractivity contribution is 0.248. The molecule has 0 N–H and O–H groups in total. The van der Waals surface area contributed by atoms with Crippen LogP contribution in [-0.2, 0) is 18.6 Å². The zero-order valence-electron chi connectivity index (χ0n) is 24.0. The first kappa shape index (κ1) is 27.2. The van der Waals surface area contributed by atoms with Gasteiger partial charge < -0.3 is 9.80 Å². The molecule has 40 heavy (non-hydrogen) atoms. The van der Waals surface area contributed by atoms with Crippen LogP contribution < -0.4 is 9.80 Å². The van der Waals surface area contributed by atoms with Crippen LogP contribution in [0.3, 0.4) is 0 Å². The summed E-state index contributed by atoms with van der Waals surface area (Å²) in [5, 5.41) is 0. The fourth-order valence-corrected chi connectivity index (χ4v) is 5.99. The molecule has 0 saturated carbocycles. The number of rotatable bonds is 10. The average Bonchev–Trinajstić information content (AvgIpc) is 2.99. The molecule has 0 aliphatic carbocycles. The van der Waals surface area contributed by atoms with E-state index in [0.717, 1.165) is 13.1 Å². The Labute approximate surface area is 239 Å². The summed E-state index contributed by atoms with van der Waals surface area (Å²) < 4.78 is 0. The minimum absolute atomic E-state index is 0.537. The molecular weight excluding hydrogens is 486 g/mol. The van der Waals surface area contributed by atoms with Crippen LogP contribution in [0, 0.1) is 0 Å². The summed E-state index contributed by atoms with van der Waals surface area (Å²) in [6.07, 6.45) is 0. The SMILES string of the molecule is CN(Cc1ccccc1)c1ccccc1C(c1ccccc1)(c1ccccc1N(C)Cc1ccccc1)N(C)C. The molecule has 0 heterocycles. The highest BCUT2D eigenvalue weighted by Crippen LogP contribution is 2.48. The monoisotopic (exact) mass is 525 g/mol. The Morgan fingerprint density at radius 2 is 0.775 bits per heavy atom. The molecule has 0 saturated heterocycles. The van der Waals surface area contributed by atoms with Crippen LogP contribution in [0.15, 0.2) is 140 Å². The first-order valence-electron chi connectivity index (χ1n) is 13.9. The second-order valence-corrected chi connectivity index (χ2v) is 10.7. The van der Waals surface area contributed by atoms with E-state index in [4.69, 9.17) is 0 Å². The minimum atomic E-state index is -0.537. The van der Waals surface area contributed by atoms with Gasteiger partial charge in [0, 0.05) is 49.7 Å². The van der Waals surface area contributed by atoms with Crippen LogP contribution in [0.4, 0.5) is 11.4 Å². The molecule has 0 unspecified atom stereocenters. The Morgan fingerprint density at radius 1 is 0.425 bits per heavy atom. The zero-order valence-corrected chi connectivity index (χ0v) is 24.0. The van der Waals surface area contributed by atoms with Crippen molar-refractivity contribution in [2.75, 3.05) is 38.0 Å². The largest absolute Gasteiger partial charge is 0.370 e. The third kappa shape index (κ3) is 5.38. The van der Waals surface area contributed by atoms with E-state index in [-0.39, 0.29) is 0 Å². The molecule has 0 bridgehead atoms. The number of hydrogen-bond donors (Lipinski definition) is 0. The van der Waals surface area contributed by atoms with E-state index in [2.05, 4.69) is 182 Å². The van der Waals surface area contributed by atoms with E-state index >= 15 is 0 Å². The van der Waals surface area contributed by atoms with Crippen LogP contribution in [0.5, 0.6) is 0 Å². The van der Waals surface area contributed by atoms with Crippen molar-refractivity contribution in [3.8, 4) is 0 Å². The number of hydrogen-bond acceptors (Lipinski definition) is 3. The van der Waals surface area contributed by atoms with Gasteiger partial charge in [-0.1, -0.05) is 127 Å². The molecule has 0 aliphatic rings. The van der Waals surface area contributed by atoms with Gasteiger partial charge in [0.15, 0.2) is 0 Å². The molecule has 0 fully saturated rings. The van der Waals surface area contributed by atoms with Gasteiger partial charge in [0.2, 0.25) is 0 Å². The molecule has 5 aromatic carbocycles. The Kier molecular flexibility index (Phi) is 8.33. The van der Waals surface area contributed by atoms with E-state index in [1.54, 1.807) is 0 Å². The van der Waals surface area contributed by atoms with Crippen LogP contribution in [-0.4, -0.2) is 33.1 Å². The van der Waals surface area contributed by atoms with Crippen molar-refractivity contribution in [2.24, 2.45) is 0 Å². The standard InChI is InChI=1S/C37H39N3/c1-38(2)37(32-22-12-7-13-23-32,33-24-14-16-26-35(33)39(3)28-30-18-8-5-9-19-30)34-25-15-17-27-36(34)40(4)29-31-20-10-6-11-21-31/h5-27H,28-29H2,1-4H3. The van der Waals surface area contributed by atoms with Crippen molar-refractivity contribution < 1.29 is 0 Å². The van der Waals surface area contributed by atoms with Gasteiger partial charge in [-0.15, -0.1) is 0 Å². The van der Waals surface area contributed by atoms with Gasteiger partial charge in [0.25, 0.3) is 0 Å². The summed E-state index contributed by atoms with van der Waals surface area (Å²) in [6, 6.07) is 50.1. The van der Waals surface area contributed by atoms with Gasteiger partial charge in [0.1, 0.15) is 5.54 Å². The van der Waals surface area contributed by atoms with E-state index in [0.29, 0.717) is 0 Å². The van der Waals surface area contributed by atoms with Gasteiger partial charge in [-0.25, -0.2) is 0 Å². The first-order chi connectivity index (χ1) is 19.5. The van der Waals surface area contributed by atoms with Crippen molar-refractivity contribution in [3.05, 3.63) is 167 Å². The number of benzene rings is 5. The molecule has 0 aromatic heterocycles. The first-order valence-corrected chi connectivity index (χ1v) is 13.9. The summed E-state index contributed by atoms with van der Waals surface area (Å²) in [7, 11) is 8.80. The lowest BCUT2D eigenvalue weighted by Crippen LogP contribution is -2.45. The highest BCUT2D eigenvalue weighted by Gasteiger charge is 2.42. The molecule has 0 amide bonds. The predicted molar refractivity (Wildman–Crippen MR) is 170 cm³/mol. The predicted octanol–water partition coefficient (Wildman–Crippen LogP) is 7.81. The van der Waals surface area contributed by atoms with Gasteiger partial charge in [-0.05, 0) is 42.9 Å². The summed E-state index contributed by atoms with van der Waals surface area (Å²) in [5.41, 5.74) is 8.21. The van der Waals surface area contributed by atoms with Crippen LogP contribution >= 0.6 is 0 Å². The highest BCUT2D eigenvalue weighted by molar-refractivity contribution is 5.69. The molecule has 0 aliphatic heterocycles. The van der Waals surface area contributed by atoms with Crippen molar-refractivity contribution in [1.82, 2.24) is 4.90 Å². The lowest BCUT2D eigenvalue weighted by atomic mass is 9.74. The fourth-order valence-electron chi connectivity index (χ4n) is 5.99. The van der Waals surface area contributed by atoms with Crippen molar-refractivity contribution >= 4 is 11.4 Å². The molecule has 3 heteroatoms. The zero-order chi connectivity index (χ0) is 28.0. The third-order valence-electron chi connectivity index (χ3n) is 7.80. The van der Waals surface area contributed by atoms with Crippen LogP contribution in [0.2, 0.25) is 0 Å². The summed E-state index contributed by atoms with van der Waals surface area (Å²) in [5.74, 6) is 0. The second kappa shape index (κ2) is 12.2. The van der Waals surface area contributed by atoms with E-state index in [1.807, 2.05) is 0 Å². The molecule has 5 aromatic rings. The minimum Gasteiger partial charge on any atom is -0.370 e. The van der Waals surface area contributed by atoms with Crippen molar-refractivity contribution in [2.45, 2.75) is 18.6 Å². The van der Waals surface area contributed by atoms with Crippen molar-refractivity contribution in [3.63, 3.8) is 0 Å². The highest BCUT2D eigenvalue weighted by atomic mass is 15.2. The summed E-state index contributed by atoms with van der Waals surface area (Å²) >= 11 is 0. The summed E-state index contributed by atoms with van der Waals surface area (Å²) in [4.78, 5) is 7.14. The quantitative estimate of drug-likeness (QED) is 0.172. The molecular formula is C37H39N3. The summed E-state index contributed by atoms with van der Waals surface area (Å²) in [6.45, 7) is 1.65. The maximum Gasteiger partial charge on any atom is 0.101 e. The molecule has 202 valence electrons. The Hall–Kier alpha value is -4.34. The Balaban J connectivity index is 1.72. The normalized spacial score (nSPS) is 11.4. The number of nitrogens with zero attached hydrogens (tertiary/aromatic N) is 3. The molecule has 3 nitrogen and oxygen atoms in total. The van der Waals surface area contributed by atoms with Crippen LogP contribution in [0.1, 0.15) is 27.8 Å². The second-order valence-electron chi connectivity index (χ2n) is 10.7. The van der Waals surface area contributed by atoms with E-state index < -0.39 is 5.54 Å². The molecule has 0 spiro atoms. The number of para-hydroxylation sites is 2.